The van der Waals surface area contributed by atoms with Gasteiger partial charge in [-0.3, -0.25) is 9.59 Å². The van der Waals surface area contributed by atoms with E-state index in [1.165, 1.54) is 42.1 Å². The summed E-state index contributed by atoms with van der Waals surface area (Å²) in [5.74, 6) is -2.95. The zero-order valence-corrected chi connectivity index (χ0v) is 32.2. The van der Waals surface area contributed by atoms with Crippen LogP contribution in [0.15, 0.2) is 76.5 Å². The third-order valence-corrected chi connectivity index (χ3v) is 12.2. The maximum Gasteiger partial charge on any atom is 0.326 e. The highest BCUT2D eigenvalue weighted by molar-refractivity contribution is 7.98. The number of amides is 2. The Kier molecular flexibility index (Phi) is 14.0. The molecule has 1 heterocycles. The number of hydrogen-bond acceptors (Lipinski definition) is 9. The van der Waals surface area contributed by atoms with E-state index in [2.05, 4.69) is 29.4 Å². The number of ether oxygens (including phenoxy) is 1. The number of anilines is 2. The first kappa shape index (κ1) is 40.5. The van der Waals surface area contributed by atoms with Gasteiger partial charge in [0.1, 0.15) is 23.6 Å². The number of carbonyl (C=O) groups is 3. The van der Waals surface area contributed by atoms with Crippen molar-refractivity contribution in [2.24, 2.45) is 11.3 Å². The first-order valence-electron chi connectivity index (χ1n) is 17.8. The predicted molar refractivity (Wildman–Crippen MR) is 204 cm³/mol. The molecule has 0 bridgehead atoms. The first-order chi connectivity index (χ1) is 24.7. The van der Waals surface area contributed by atoms with E-state index >= 15 is 0 Å². The largest absolute Gasteiger partial charge is 0.508 e. The molecule has 0 aliphatic carbocycles. The van der Waals surface area contributed by atoms with Crippen molar-refractivity contribution in [2.45, 2.75) is 88.1 Å². The van der Waals surface area contributed by atoms with Crippen LogP contribution in [0, 0.1) is 11.3 Å². The molecule has 2 amide bonds. The minimum atomic E-state index is -3.82. The van der Waals surface area contributed by atoms with Gasteiger partial charge in [-0.2, -0.15) is 0 Å². The minimum absolute atomic E-state index is 0.00793. The van der Waals surface area contributed by atoms with Crippen molar-refractivity contribution in [3.05, 3.63) is 72.3 Å². The van der Waals surface area contributed by atoms with Crippen molar-refractivity contribution < 1.29 is 37.8 Å². The topological polar surface area (TPSA) is 162 Å². The molecule has 4 N–H and O–H groups in total. The van der Waals surface area contributed by atoms with Gasteiger partial charge in [0, 0.05) is 23.7 Å². The third-order valence-electron chi connectivity index (χ3n) is 9.43. The number of para-hydroxylation sites is 1. The van der Waals surface area contributed by atoms with Gasteiger partial charge in [0.2, 0.25) is 5.91 Å². The van der Waals surface area contributed by atoms with Crippen LogP contribution in [0.2, 0.25) is 0 Å². The number of rotatable bonds is 17. The summed E-state index contributed by atoms with van der Waals surface area (Å²) in [7, 11) is -3.82. The zero-order valence-electron chi connectivity index (χ0n) is 30.6. The lowest BCUT2D eigenvalue weighted by Gasteiger charge is -2.37. The molecular weight excluding hydrogens is 703 g/mol. The fourth-order valence-electron chi connectivity index (χ4n) is 6.64. The van der Waals surface area contributed by atoms with Gasteiger partial charge in [0.15, 0.2) is 16.4 Å². The Morgan fingerprint density at radius 2 is 1.60 bits per heavy atom. The van der Waals surface area contributed by atoms with E-state index in [0.717, 1.165) is 44.2 Å². The van der Waals surface area contributed by atoms with Crippen LogP contribution in [0.1, 0.15) is 77.8 Å². The fraction of sp³-hybridized carbons (Fsp3) is 0.462. The number of unbranched alkanes of at least 4 members (excludes halogenated alkanes) is 2. The molecule has 3 aromatic rings. The van der Waals surface area contributed by atoms with Crippen molar-refractivity contribution in [2.75, 3.05) is 30.1 Å². The summed E-state index contributed by atoms with van der Waals surface area (Å²) >= 11 is 1.36. The molecule has 0 spiro atoms. The number of carboxylic acids is 1. The number of thioether (sulfide) groups is 1. The second-order valence-corrected chi connectivity index (χ2v) is 16.6. The number of sulfone groups is 1. The van der Waals surface area contributed by atoms with Crippen LogP contribution >= 0.6 is 11.8 Å². The molecule has 1 aliphatic rings. The van der Waals surface area contributed by atoms with E-state index in [4.69, 9.17) is 4.74 Å². The van der Waals surface area contributed by atoms with Gasteiger partial charge >= 0.3 is 5.97 Å². The van der Waals surface area contributed by atoms with Gasteiger partial charge in [-0.05, 0) is 60.9 Å². The fourth-order valence-corrected chi connectivity index (χ4v) is 9.31. The van der Waals surface area contributed by atoms with Crippen LogP contribution in [0.3, 0.4) is 0 Å². The lowest BCUT2D eigenvalue weighted by atomic mass is 9.79. The summed E-state index contributed by atoms with van der Waals surface area (Å²) in [6, 6.07) is 16.2. The highest BCUT2D eigenvalue weighted by Crippen LogP contribution is 2.47. The molecule has 52 heavy (non-hydrogen) atoms. The van der Waals surface area contributed by atoms with Crippen LogP contribution in [-0.2, 0) is 24.2 Å². The Morgan fingerprint density at radius 1 is 0.962 bits per heavy atom. The van der Waals surface area contributed by atoms with Crippen molar-refractivity contribution in [1.29, 1.82) is 0 Å². The molecule has 2 atom stereocenters. The monoisotopic (exact) mass is 753 g/mol. The molecule has 0 radical (unpaired) electrons. The molecule has 13 heteroatoms. The second kappa shape index (κ2) is 18.0. The lowest BCUT2D eigenvalue weighted by Crippen LogP contribution is -2.49. The van der Waals surface area contributed by atoms with Crippen molar-refractivity contribution in [1.82, 2.24) is 10.6 Å². The lowest BCUT2D eigenvalue weighted by molar-refractivity contribution is -0.143. The first-order valence-corrected chi connectivity index (χ1v) is 20.6. The normalized spacial score (nSPS) is 15.9. The smallest absolute Gasteiger partial charge is 0.326 e. The summed E-state index contributed by atoms with van der Waals surface area (Å²) in [4.78, 5) is 41.5. The SMILES string of the molecule is CCCCC1(CCCC)CN(c2ccccc2)c2cc(SC)c(OCC(=O)N[C@@H](C(=O)N[C@H](C(=O)O)C(C)C)c3ccc(O)cc3)cc2S(=O)(=O)C1. The van der Waals surface area contributed by atoms with Crippen LogP contribution in [0.4, 0.5) is 11.4 Å². The highest BCUT2D eigenvalue weighted by atomic mass is 32.2. The predicted octanol–water partition coefficient (Wildman–Crippen LogP) is 6.87. The second-order valence-electron chi connectivity index (χ2n) is 13.8. The highest BCUT2D eigenvalue weighted by Gasteiger charge is 2.42. The molecular formula is C39H51N3O8S2. The molecule has 3 aromatic carbocycles. The van der Waals surface area contributed by atoms with E-state index in [0.29, 0.717) is 22.7 Å². The van der Waals surface area contributed by atoms with E-state index in [1.807, 2.05) is 42.7 Å². The van der Waals surface area contributed by atoms with Crippen molar-refractivity contribution in [3.63, 3.8) is 0 Å². The molecule has 0 saturated heterocycles. The minimum Gasteiger partial charge on any atom is -0.508 e. The van der Waals surface area contributed by atoms with Crippen LogP contribution in [0.5, 0.6) is 11.5 Å². The average molecular weight is 754 g/mol. The number of carboxylic acid groups (broad SMARTS) is 1. The van der Waals surface area contributed by atoms with E-state index in [1.54, 1.807) is 13.8 Å². The van der Waals surface area contributed by atoms with Crippen LogP contribution in [0.25, 0.3) is 0 Å². The van der Waals surface area contributed by atoms with Gasteiger partial charge in [-0.25, -0.2) is 13.2 Å². The molecule has 282 valence electrons. The molecule has 0 fully saturated rings. The maximum atomic E-state index is 14.4. The van der Waals surface area contributed by atoms with Crippen LogP contribution < -0.4 is 20.3 Å². The van der Waals surface area contributed by atoms with Gasteiger partial charge in [-0.1, -0.05) is 83.7 Å². The molecule has 0 unspecified atom stereocenters. The molecule has 1 aliphatic heterocycles. The summed E-state index contributed by atoms with van der Waals surface area (Å²) < 4.78 is 34.9. The Bertz CT molecular complexity index is 1790. The number of aliphatic carboxylic acids is 1. The number of carbonyl (C=O) groups excluding carboxylic acids is 2. The third kappa shape index (κ3) is 10.0. The van der Waals surface area contributed by atoms with E-state index < -0.39 is 57.6 Å². The number of fused-ring (bicyclic) bond motifs is 1. The Morgan fingerprint density at radius 3 is 2.15 bits per heavy atom. The quantitative estimate of drug-likeness (QED) is 0.107. The Hall–Kier alpha value is -4.23. The number of hydrogen-bond donors (Lipinski definition) is 4. The average Bonchev–Trinajstić information content (AvgIpc) is 3.21. The van der Waals surface area contributed by atoms with E-state index in [-0.39, 0.29) is 22.1 Å². The number of phenolic OH excluding ortho intramolecular Hbond substituents is 1. The Labute approximate surface area is 311 Å². The van der Waals surface area contributed by atoms with E-state index in [9.17, 15) is 33.0 Å². The molecule has 4 rings (SSSR count). The van der Waals surface area contributed by atoms with Crippen molar-refractivity contribution >= 4 is 50.8 Å². The molecule has 0 aromatic heterocycles. The molecule has 11 nitrogen and oxygen atoms in total. The van der Waals surface area contributed by atoms with Gasteiger partial charge in [-0.15, -0.1) is 11.8 Å². The summed E-state index contributed by atoms with van der Waals surface area (Å²) in [6.45, 7) is 7.52. The van der Waals surface area contributed by atoms with Crippen molar-refractivity contribution in [3.8, 4) is 11.5 Å². The van der Waals surface area contributed by atoms with Gasteiger partial charge in [0.05, 0.1) is 21.2 Å². The summed E-state index contributed by atoms with van der Waals surface area (Å²) in [5.41, 5.74) is 1.29. The van der Waals surface area contributed by atoms with Gasteiger partial charge in [0.25, 0.3) is 5.91 Å². The summed E-state index contributed by atoms with van der Waals surface area (Å²) in [6.07, 6.45) is 7.13. The number of phenols is 1. The summed E-state index contributed by atoms with van der Waals surface area (Å²) in [5, 5.41) is 24.6. The standard InChI is InChI=1S/C39H51N3O8S2/c1-6-8-19-39(20-9-7-2)24-42(28-13-11-10-12-14-28)30-21-32(51-5)31(22-33(30)52(48,49)25-39)50-23-34(44)40-36(27-15-17-29(43)18-16-27)37(45)41-35(26(3)4)38(46)47/h10-18,21-22,26,35-36,43H,6-9,19-20,23-25H2,1-5H3,(H,40,44)(H,41,45)(H,46,47)/t35-,36+/m0/s1. The van der Waals surface area contributed by atoms with Gasteiger partial charge < -0.3 is 30.5 Å². The number of benzene rings is 3. The molecule has 0 saturated carbocycles. The zero-order chi connectivity index (χ0) is 38.1. The van der Waals surface area contributed by atoms with Crippen LogP contribution in [-0.4, -0.2) is 67.6 Å². The number of nitrogens with zero attached hydrogens (tertiary/aromatic N) is 1. The Balaban J connectivity index is 1.69. The number of nitrogens with one attached hydrogen (secondary N) is 2. The maximum absolute atomic E-state index is 14.4. The number of aromatic hydroxyl groups is 1.